The SMILES string of the molecule is COc1ccc([C@@H](C)NC2CCN(CC(F)(F)F)CC2)cc1OC. The number of ether oxygens (including phenoxy) is 2. The monoisotopic (exact) mass is 346 g/mol. The van der Waals surface area contributed by atoms with Gasteiger partial charge in [-0.2, -0.15) is 13.2 Å². The lowest BCUT2D eigenvalue weighted by Gasteiger charge is -2.34. The van der Waals surface area contributed by atoms with E-state index < -0.39 is 12.7 Å². The maximum atomic E-state index is 12.4. The molecular weight excluding hydrogens is 321 g/mol. The van der Waals surface area contributed by atoms with Crippen molar-refractivity contribution in [1.29, 1.82) is 0 Å². The number of benzene rings is 1. The lowest BCUT2D eigenvalue weighted by atomic mass is 10.0. The van der Waals surface area contributed by atoms with Crippen LogP contribution in [0.5, 0.6) is 11.5 Å². The van der Waals surface area contributed by atoms with E-state index in [1.54, 1.807) is 14.2 Å². The van der Waals surface area contributed by atoms with Crippen LogP contribution in [0, 0.1) is 0 Å². The highest BCUT2D eigenvalue weighted by molar-refractivity contribution is 5.43. The lowest BCUT2D eigenvalue weighted by molar-refractivity contribution is -0.148. The molecule has 0 spiro atoms. The minimum absolute atomic E-state index is 0.0870. The van der Waals surface area contributed by atoms with Crippen molar-refractivity contribution in [3.05, 3.63) is 23.8 Å². The second-order valence-electron chi connectivity index (χ2n) is 6.17. The van der Waals surface area contributed by atoms with Gasteiger partial charge in [0.1, 0.15) is 0 Å². The molecule has 0 aliphatic carbocycles. The van der Waals surface area contributed by atoms with Crippen LogP contribution in [0.1, 0.15) is 31.4 Å². The molecule has 7 heteroatoms. The van der Waals surface area contributed by atoms with Crippen molar-refractivity contribution in [2.75, 3.05) is 33.9 Å². The number of hydrogen-bond acceptors (Lipinski definition) is 4. The quantitative estimate of drug-likeness (QED) is 0.856. The fourth-order valence-electron chi connectivity index (χ4n) is 3.08. The number of nitrogens with one attached hydrogen (secondary N) is 1. The number of halogens is 3. The van der Waals surface area contributed by atoms with Gasteiger partial charge >= 0.3 is 6.18 Å². The van der Waals surface area contributed by atoms with Gasteiger partial charge in [0.25, 0.3) is 0 Å². The molecule has 2 rings (SSSR count). The maximum absolute atomic E-state index is 12.4. The molecule has 0 aromatic heterocycles. The van der Waals surface area contributed by atoms with E-state index in [2.05, 4.69) is 5.32 Å². The zero-order chi connectivity index (χ0) is 17.7. The van der Waals surface area contributed by atoms with Gasteiger partial charge in [0, 0.05) is 12.1 Å². The molecule has 24 heavy (non-hydrogen) atoms. The van der Waals surface area contributed by atoms with Crippen LogP contribution in [0.15, 0.2) is 18.2 Å². The van der Waals surface area contributed by atoms with Crippen molar-refractivity contribution in [3.8, 4) is 11.5 Å². The maximum Gasteiger partial charge on any atom is 0.401 e. The molecular formula is C17H25F3N2O2. The van der Waals surface area contributed by atoms with Crippen LogP contribution in [0.25, 0.3) is 0 Å². The zero-order valence-corrected chi connectivity index (χ0v) is 14.3. The molecule has 1 saturated heterocycles. The molecule has 1 aliphatic heterocycles. The molecule has 1 aromatic carbocycles. The van der Waals surface area contributed by atoms with Crippen LogP contribution in [0.2, 0.25) is 0 Å². The van der Waals surface area contributed by atoms with Crippen molar-refractivity contribution in [2.24, 2.45) is 0 Å². The molecule has 0 amide bonds. The van der Waals surface area contributed by atoms with Crippen LogP contribution < -0.4 is 14.8 Å². The summed E-state index contributed by atoms with van der Waals surface area (Å²) in [5.74, 6) is 1.34. The molecule has 1 atom stereocenters. The number of methoxy groups -OCH3 is 2. The van der Waals surface area contributed by atoms with Crippen LogP contribution >= 0.6 is 0 Å². The number of alkyl halides is 3. The number of hydrogen-bond donors (Lipinski definition) is 1. The predicted octanol–water partition coefficient (Wildman–Crippen LogP) is 3.38. The van der Waals surface area contributed by atoms with E-state index in [9.17, 15) is 13.2 Å². The van der Waals surface area contributed by atoms with Gasteiger partial charge in [-0.1, -0.05) is 6.07 Å². The summed E-state index contributed by atoms with van der Waals surface area (Å²) >= 11 is 0. The first-order chi connectivity index (χ1) is 11.3. The molecule has 1 fully saturated rings. The van der Waals surface area contributed by atoms with E-state index in [1.165, 1.54) is 4.90 Å². The highest BCUT2D eigenvalue weighted by Gasteiger charge is 2.32. The normalized spacial score (nSPS) is 18.4. The van der Waals surface area contributed by atoms with Gasteiger partial charge in [-0.3, -0.25) is 4.90 Å². The van der Waals surface area contributed by atoms with Crippen molar-refractivity contribution < 1.29 is 22.6 Å². The molecule has 136 valence electrons. The van der Waals surface area contributed by atoms with Gasteiger partial charge in [0.05, 0.1) is 20.8 Å². The molecule has 0 radical (unpaired) electrons. The molecule has 0 bridgehead atoms. The first kappa shape index (κ1) is 18.9. The van der Waals surface area contributed by atoms with Gasteiger partial charge in [-0.15, -0.1) is 0 Å². The second kappa shape index (κ2) is 8.07. The molecule has 1 heterocycles. The van der Waals surface area contributed by atoms with Crippen molar-refractivity contribution in [1.82, 2.24) is 10.2 Å². The molecule has 0 unspecified atom stereocenters. The predicted molar refractivity (Wildman–Crippen MR) is 86.6 cm³/mol. The molecule has 0 saturated carbocycles. The fourth-order valence-corrected chi connectivity index (χ4v) is 3.08. The Hall–Kier alpha value is -1.47. The van der Waals surface area contributed by atoms with Crippen molar-refractivity contribution in [2.45, 2.75) is 38.0 Å². The number of likely N-dealkylation sites (tertiary alicyclic amines) is 1. The summed E-state index contributed by atoms with van der Waals surface area (Å²) in [6.45, 7) is 2.17. The Balaban J connectivity index is 1.88. The number of rotatable bonds is 6. The van der Waals surface area contributed by atoms with E-state index in [1.807, 2.05) is 25.1 Å². The van der Waals surface area contributed by atoms with Gasteiger partial charge in [0.2, 0.25) is 0 Å². The first-order valence-corrected chi connectivity index (χ1v) is 8.09. The van der Waals surface area contributed by atoms with E-state index >= 15 is 0 Å². The third kappa shape index (κ3) is 5.27. The lowest BCUT2D eigenvalue weighted by Crippen LogP contribution is -2.46. The minimum Gasteiger partial charge on any atom is -0.493 e. The van der Waals surface area contributed by atoms with Crippen LogP contribution in [0.3, 0.4) is 0 Å². The van der Waals surface area contributed by atoms with Gasteiger partial charge in [0.15, 0.2) is 11.5 Å². The van der Waals surface area contributed by atoms with E-state index in [4.69, 9.17) is 9.47 Å². The van der Waals surface area contributed by atoms with E-state index in [0.717, 1.165) is 5.56 Å². The average Bonchev–Trinajstić information content (AvgIpc) is 2.54. The third-order valence-corrected chi connectivity index (χ3v) is 4.38. The average molecular weight is 346 g/mol. The van der Waals surface area contributed by atoms with Gasteiger partial charge in [-0.25, -0.2) is 0 Å². The Bertz CT molecular complexity index is 529. The van der Waals surface area contributed by atoms with Crippen LogP contribution in [0.4, 0.5) is 13.2 Å². The van der Waals surface area contributed by atoms with Gasteiger partial charge < -0.3 is 14.8 Å². The van der Waals surface area contributed by atoms with Gasteiger partial charge in [-0.05, 0) is 50.6 Å². The molecule has 1 aliphatic rings. The van der Waals surface area contributed by atoms with Crippen LogP contribution in [-0.2, 0) is 0 Å². The molecule has 1 aromatic rings. The Morgan fingerprint density at radius 2 is 1.79 bits per heavy atom. The molecule has 4 nitrogen and oxygen atoms in total. The van der Waals surface area contributed by atoms with Crippen LogP contribution in [-0.4, -0.2) is 51.0 Å². The fraction of sp³-hybridized carbons (Fsp3) is 0.647. The highest BCUT2D eigenvalue weighted by Crippen LogP contribution is 2.30. The summed E-state index contributed by atoms with van der Waals surface area (Å²) in [6.07, 6.45) is -2.69. The first-order valence-electron chi connectivity index (χ1n) is 8.09. The van der Waals surface area contributed by atoms with E-state index in [-0.39, 0.29) is 12.1 Å². The molecule has 1 N–H and O–H groups in total. The van der Waals surface area contributed by atoms with E-state index in [0.29, 0.717) is 37.4 Å². The standard InChI is InChI=1S/C17H25F3N2O2/c1-12(13-4-5-15(23-2)16(10-13)24-3)21-14-6-8-22(9-7-14)11-17(18,19)20/h4-5,10,12,14,21H,6-9,11H2,1-3H3/t12-/m1/s1. The van der Waals surface area contributed by atoms with Crippen molar-refractivity contribution >= 4 is 0 Å². The Morgan fingerprint density at radius 1 is 1.17 bits per heavy atom. The number of piperidine rings is 1. The van der Waals surface area contributed by atoms with Crippen molar-refractivity contribution in [3.63, 3.8) is 0 Å². The summed E-state index contributed by atoms with van der Waals surface area (Å²) in [5.41, 5.74) is 1.06. The second-order valence-corrected chi connectivity index (χ2v) is 6.17. The summed E-state index contributed by atoms with van der Waals surface area (Å²) in [4.78, 5) is 1.47. The highest BCUT2D eigenvalue weighted by atomic mass is 19.4. The topological polar surface area (TPSA) is 33.7 Å². The zero-order valence-electron chi connectivity index (χ0n) is 14.3. The number of nitrogens with zero attached hydrogens (tertiary/aromatic N) is 1. The largest absolute Gasteiger partial charge is 0.493 e. The summed E-state index contributed by atoms with van der Waals surface area (Å²) in [5, 5.41) is 3.50. The Morgan fingerprint density at radius 3 is 2.33 bits per heavy atom. The summed E-state index contributed by atoms with van der Waals surface area (Å²) in [6, 6.07) is 6.06. The Labute approximate surface area is 140 Å². The summed E-state index contributed by atoms with van der Waals surface area (Å²) in [7, 11) is 3.18. The third-order valence-electron chi connectivity index (χ3n) is 4.38. The smallest absolute Gasteiger partial charge is 0.401 e. The Kier molecular flexibility index (Phi) is 6.34. The minimum atomic E-state index is -4.12. The summed E-state index contributed by atoms with van der Waals surface area (Å²) < 4.78 is 47.8.